The number of hydrogen-bond donors (Lipinski definition) is 1. The highest BCUT2D eigenvalue weighted by Gasteiger charge is 2.06. The molecule has 4 heteroatoms. The summed E-state index contributed by atoms with van der Waals surface area (Å²) in [5.41, 5.74) is 3.83. The number of hydrogen-bond acceptors (Lipinski definition) is 4. The fourth-order valence-electron chi connectivity index (χ4n) is 3.67. The molecule has 4 aromatic rings. The minimum absolute atomic E-state index is 0.333. The van der Waals surface area contributed by atoms with Crippen LogP contribution in [0.2, 0.25) is 0 Å². The number of anilines is 1. The summed E-state index contributed by atoms with van der Waals surface area (Å²) in [5, 5.41) is 5.77. The van der Waals surface area contributed by atoms with Gasteiger partial charge in [0.05, 0.1) is 19.3 Å². The molecule has 0 heterocycles. The number of methoxy groups -OCH3 is 1. The van der Waals surface area contributed by atoms with Crippen molar-refractivity contribution in [3.05, 3.63) is 114 Å². The summed E-state index contributed by atoms with van der Waals surface area (Å²) in [5.74, 6) is 0.561. The van der Waals surface area contributed by atoms with Crippen molar-refractivity contribution in [2.24, 2.45) is 0 Å². The SMILES string of the molecule is COC(=O)c1ccc(C=C(CCOc2cccc3ccccc23)CNc2ccccc2)cc1. The minimum Gasteiger partial charge on any atom is -0.493 e. The molecule has 0 aliphatic rings. The van der Waals surface area contributed by atoms with E-state index in [0.717, 1.165) is 28.8 Å². The molecule has 0 spiro atoms. The summed E-state index contributed by atoms with van der Waals surface area (Å²) in [6.45, 7) is 1.26. The Hall–Kier alpha value is -4.05. The van der Waals surface area contributed by atoms with Gasteiger partial charge in [-0.2, -0.15) is 0 Å². The van der Waals surface area contributed by atoms with Crippen LogP contribution in [0.1, 0.15) is 22.3 Å². The molecular weight excluding hydrogens is 410 g/mol. The monoisotopic (exact) mass is 437 g/mol. The average Bonchev–Trinajstić information content (AvgIpc) is 2.88. The van der Waals surface area contributed by atoms with E-state index >= 15 is 0 Å². The van der Waals surface area contributed by atoms with Gasteiger partial charge in [-0.05, 0) is 46.9 Å². The lowest BCUT2D eigenvalue weighted by Gasteiger charge is -2.13. The molecule has 0 fully saturated rings. The summed E-state index contributed by atoms with van der Waals surface area (Å²) in [7, 11) is 1.39. The number of esters is 1. The van der Waals surface area contributed by atoms with Crippen molar-refractivity contribution >= 4 is 28.5 Å². The summed E-state index contributed by atoms with van der Waals surface area (Å²) < 4.78 is 11.0. The van der Waals surface area contributed by atoms with E-state index in [2.05, 4.69) is 41.7 Å². The molecule has 0 unspecified atom stereocenters. The van der Waals surface area contributed by atoms with E-state index in [0.29, 0.717) is 18.7 Å². The summed E-state index contributed by atoms with van der Waals surface area (Å²) in [6.07, 6.45) is 2.91. The molecule has 0 amide bonds. The van der Waals surface area contributed by atoms with Gasteiger partial charge in [0.15, 0.2) is 0 Å². The van der Waals surface area contributed by atoms with Crippen LogP contribution in [0.25, 0.3) is 16.8 Å². The zero-order valence-electron chi connectivity index (χ0n) is 18.7. The molecule has 1 N–H and O–H groups in total. The molecular formula is C29H27NO3. The smallest absolute Gasteiger partial charge is 0.337 e. The number of para-hydroxylation sites is 1. The number of rotatable bonds is 9. The van der Waals surface area contributed by atoms with Gasteiger partial charge >= 0.3 is 5.97 Å². The zero-order valence-corrected chi connectivity index (χ0v) is 18.7. The van der Waals surface area contributed by atoms with Crippen molar-refractivity contribution in [2.75, 3.05) is 25.6 Å². The average molecular weight is 438 g/mol. The predicted octanol–water partition coefficient (Wildman–Crippen LogP) is 6.59. The van der Waals surface area contributed by atoms with Crippen LogP contribution in [-0.4, -0.2) is 26.2 Å². The third kappa shape index (κ3) is 6.01. The second kappa shape index (κ2) is 11.0. The van der Waals surface area contributed by atoms with Crippen molar-refractivity contribution in [3.63, 3.8) is 0 Å². The molecule has 0 aliphatic heterocycles. The van der Waals surface area contributed by atoms with Gasteiger partial charge < -0.3 is 14.8 Å². The van der Waals surface area contributed by atoms with Crippen LogP contribution in [0.4, 0.5) is 5.69 Å². The standard InChI is InChI=1S/C29H27NO3/c1-32-29(31)25-16-14-22(15-17-25)20-23(21-30-26-10-3-2-4-11-26)18-19-33-28-13-7-9-24-8-5-6-12-27(24)28/h2-17,20,30H,18-19,21H2,1H3. The highest BCUT2D eigenvalue weighted by molar-refractivity contribution is 5.89. The Morgan fingerprint density at radius 1 is 0.848 bits per heavy atom. The van der Waals surface area contributed by atoms with E-state index in [1.54, 1.807) is 12.1 Å². The molecule has 0 saturated carbocycles. The first kappa shape index (κ1) is 22.2. The minimum atomic E-state index is -0.333. The maximum atomic E-state index is 11.7. The lowest BCUT2D eigenvalue weighted by molar-refractivity contribution is 0.0600. The maximum absolute atomic E-state index is 11.7. The van der Waals surface area contributed by atoms with Crippen molar-refractivity contribution in [3.8, 4) is 5.75 Å². The quantitative estimate of drug-likeness (QED) is 0.300. The molecule has 0 aromatic heterocycles. The van der Waals surface area contributed by atoms with Crippen LogP contribution < -0.4 is 10.1 Å². The van der Waals surface area contributed by atoms with E-state index in [-0.39, 0.29) is 5.97 Å². The van der Waals surface area contributed by atoms with E-state index < -0.39 is 0 Å². The topological polar surface area (TPSA) is 47.6 Å². The molecule has 0 aliphatic carbocycles. The van der Waals surface area contributed by atoms with E-state index in [1.165, 1.54) is 18.1 Å². The van der Waals surface area contributed by atoms with Gasteiger partial charge in [0.1, 0.15) is 5.75 Å². The molecule has 4 aromatic carbocycles. The molecule has 4 rings (SSSR count). The number of carbonyl (C=O) groups excluding carboxylic acids is 1. The van der Waals surface area contributed by atoms with E-state index in [4.69, 9.17) is 9.47 Å². The Balaban J connectivity index is 1.48. The van der Waals surface area contributed by atoms with Crippen LogP contribution in [0.3, 0.4) is 0 Å². The maximum Gasteiger partial charge on any atom is 0.337 e. The zero-order chi connectivity index (χ0) is 22.9. The van der Waals surface area contributed by atoms with Crippen molar-refractivity contribution in [2.45, 2.75) is 6.42 Å². The number of ether oxygens (including phenoxy) is 2. The fourth-order valence-corrected chi connectivity index (χ4v) is 3.67. The molecule has 0 bridgehead atoms. The van der Waals surface area contributed by atoms with Gasteiger partial charge in [0.25, 0.3) is 0 Å². The van der Waals surface area contributed by atoms with Gasteiger partial charge in [-0.25, -0.2) is 4.79 Å². The lowest BCUT2D eigenvalue weighted by atomic mass is 10.1. The second-order valence-corrected chi connectivity index (χ2v) is 7.71. The summed E-state index contributed by atoms with van der Waals surface area (Å²) >= 11 is 0. The van der Waals surface area contributed by atoms with E-state index in [1.807, 2.05) is 54.6 Å². The largest absolute Gasteiger partial charge is 0.493 e. The summed E-state index contributed by atoms with van der Waals surface area (Å²) in [6, 6.07) is 31.9. The highest BCUT2D eigenvalue weighted by Crippen LogP contribution is 2.25. The number of carbonyl (C=O) groups is 1. The van der Waals surface area contributed by atoms with Crippen molar-refractivity contribution in [1.82, 2.24) is 0 Å². The van der Waals surface area contributed by atoms with Gasteiger partial charge in [0, 0.05) is 24.0 Å². The Kier molecular flexibility index (Phi) is 7.39. The van der Waals surface area contributed by atoms with Crippen LogP contribution in [-0.2, 0) is 4.74 Å². The first-order valence-corrected chi connectivity index (χ1v) is 11.0. The first-order chi connectivity index (χ1) is 16.2. The van der Waals surface area contributed by atoms with E-state index in [9.17, 15) is 4.79 Å². The van der Waals surface area contributed by atoms with Crippen LogP contribution in [0.5, 0.6) is 5.75 Å². The molecule has 0 atom stereocenters. The van der Waals surface area contributed by atoms with Crippen molar-refractivity contribution < 1.29 is 14.3 Å². The Morgan fingerprint density at radius 2 is 1.58 bits per heavy atom. The van der Waals surface area contributed by atoms with Crippen LogP contribution in [0.15, 0.2) is 103 Å². The number of fused-ring (bicyclic) bond motifs is 1. The second-order valence-electron chi connectivity index (χ2n) is 7.71. The molecule has 166 valence electrons. The van der Waals surface area contributed by atoms with Gasteiger partial charge in [-0.3, -0.25) is 0 Å². The molecule has 33 heavy (non-hydrogen) atoms. The predicted molar refractivity (Wildman–Crippen MR) is 135 cm³/mol. The molecule has 4 nitrogen and oxygen atoms in total. The highest BCUT2D eigenvalue weighted by atomic mass is 16.5. The lowest BCUT2D eigenvalue weighted by Crippen LogP contribution is -2.08. The Bertz CT molecular complexity index is 1230. The third-order valence-corrected chi connectivity index (χ3v) is 5.43. The fraction of sp³-hybridized carbons (Fsp3) is 0.138. The molecule has 0 saturated heterocycles. The Morgan fingerprint density at radius 3 is 2.36 bits per heavy atom. The number of benzene rings is 4. The number of nitrogens with one attached hydrogen (secondary N) is 1. The van der Waals surface area contributed by atoms with Crippen LogP contribution >= 0.6 is 0 Å². The first-order valence-electron chi connectivity index (χ1n) is 11.0. The van der Waals surface area contributed by atoms with Gasteiger partial charge in [-0.1, -0.05) is 72.8 Å². The Labute approximate surface area is 194 Å². The van der Waals surface area contributed by atoms with Crippen LogP contribution in [0, 0.1) is 0 Å². The summed E-state index contributed by atoms with van der Waals surface area (Å²) in [4.78, 5) is 11.7. The third-order valence-electron chi connectivity index (χ3n) is 5.43. The van der Waals surface area contributed by atoms with Crippen molar-refractivity contribution in [1.29, 1.82) is 0 Å². The van der Waals surface area contributed by atoms with Gasteiger partial charge in [0.2, 0.25) is 0 Å². The molecule has 0 radical (unpaired) electrons. The normalized spacial score (nSPS) is 11.2. The van der Waals surface area contributed by atoms with Gasteiger partial charge in [-0.15, -0.1) is 0 Å².